The highest BCUT2D eigenvalue weighted by Crippen LogP contribution is 2.39. The molecular formula is C23H25F3N2O5. The van der Waals surface area contributed by atoms with Crippen molar-refractivity contribution in [2.45, 2.75) is 6.18 Å². The minimum Gasteiger partial charge on any atom is -0.493 e. The van der Waals surface area contributed by atoms with Gasteiger partial charge >= 0.3 is 6.18 Å². The van der Waals surface area contributed by atoms with Crippen LogP contribution >= 0.6 is 0 Å². The smallest absolute Gasteiger partial charge is 0.416 e. The molecule has 0 atom stereocenters. The van der Waals surface area contributed by atoms with Gasteiger partial charge in [0.15, 0.2) is 11.5 Å². The summed E-state index contributed by atoms with van der Waals surface area (Å²) in [5.74, 6) is 0.632. The van der Waals surface area contributed by atoms with E-state index in [1.54, 1.807) is 12.1 Å². The Balaban J connectivity index is 1.86. The van der Waals surface area contributed by atoms with Gasteiger partial charge in [0, 0.05) is 19.2 Å². The molecule has 1 N–H and O–H groups in total. The average Bonchev–Trinajstić information content (AvgIpc) is 2.81. The molecule has 2 aromatic carbocycles. The van der Waals surface area contributed by atoms with Gasteiger partial charge < -0.3 is 29.2 Å². The van der Waals surface area contributed by atoms with Gasteiger partial charge in [-0.05, 0) is 42.0 Å². The standard InChI is InChI=1S/C23H25F3N2O5/c1-30-19-12-15(13-20(31-2)22(19)32-3)4-7-21(29)27-17-14-16(23(24,25)26)5-6-18(17)28-8-10-33-11-9-28/h4-7,12-14H,8-11H2,1-3H3,(H,27,29)/b7-4+. The topological polar surface area (TPSA) is 69.3 Å². The largest absolute Gasteiger partial charge is 0.493 e. The normalized spacial score (nSPS) is 14.3. The fraction of sp³-hybridized carbons (Fsp3) is 0.348. The number of halogens is 3. The van der Waals surface area contributed by atoms with Crippen molar-refractivity contribution in [3.63, 3.8) is 0 Å². The van der Waals surface area contributed by atoms with Gasteiger partial charge in [-0.3, -0.25) is 4.79 Å². The summed E-state index contributed by atoms with van der Waals surface area (Å²) in [6.45, 7) is 1.93. The van der Waals surface area contributed by atoms with Crippen LogP contribution in [0.4, 0.5) is 24.5 Å². The summed E-state index contributed by atoms with van der Waals surface area (Å²) < 4.78 is 60.9. The molecule has 1 heterocycles. The van der Waals surface area contributed by atoms with Crippen molar-refractivity contribution in [3.05, 3.63) is 47.5 Å². The zero-order valence-electron chi connectivity index (χ0n) is 18.5. The third-order valence-electron chi connectivity index (χ3n) is 5.05. The van der Waals surface area contributed by atoms with Gasteiger partial charge in [0.05, 0.1) is 51.5 Å². The number of anilines is 2. The van der Waals surface area contributed by atoms with E-state index in [4.69, 9.17) is 18.9 Å². The van der Waals surface area contributed by atoms with Crippen LogP contribution in [-0.4, -0.2) is 53.5 Å². The van der Waals surface area contributed by atoms with Crippen molar-refractivity contribution >= 4 is 23.4 Å². The molecule has 1 amide bonds. The first-order valence-electron chi connectivity index (χ1n) is 10.1. The number of nitrogens with zero attached hydrogens (tertiary/aromatic N) is 1. The first kappa shape index (κ1) is 24.2. The summed E-state index contributed by atoms with van der Waals surface area (Å²) in [4.78, 5) is 14.5. The lowest BCUT2D eigenvalue weighted by molar-refractivity contribution is -0.137. The highest BCUT2D eigenvalue weighted by molar-refractivity contribution is 6.04. The molecule has 1 fully saturated rings. The molecule has 1 aliphatic heterocycles. The Morgan fingerprint density at radius 1 is 1.03 bits per heavy atom. The van der Waals surface area contributed by atoms with Crippen LogP contribution in [0.1, 0.15) is 11.1 Å². The molecule has 0 aliphatic carbocycles. The minimum absolute atomic E-state index is 0.0752. The molecule has 0 saturated carbocycles. The number of alkyl halides is 3. The van der Waals surface area contributed by atoms with Crippen LogP contribution < -0.4 is 24.4 Å². The van der Waals surface area contributed by atoms with Crippen LogP contribution in [-0.2, 0) is 15.7 Å². The SMILES string of the molecule is COc1cc(/C=C/C(=O)Nc2cc(C(F)(F)F)ccc2N2CCOCC2)cc(OC)c1OC. The molecule has 33 heavy (non-hydrogen) atoms. The van der Waals surface area contributed by atoms with E-state index < -0.39 is 17.6 Å². The van der Waals surface area contributed by atoms with E-state index in [1.165, 1.54) is 39.5 Å². The molecule has 0 spiro atoms. The highest BCUT2D eigenvalue weighted by Gasteiger charge is 2.31. The molecule has 3 rings (SSSR count). The number of rotatable bonds is 7. The van der Waals surface area contributed by atoms with Crippen molar-refractivity contribution in [3.8, 4) is 17.2 Å². The molecular weight excluding hydrogens is 441 g/mol. The predicted molar refractivity (Wildman–Crippen MR) is 118 cm³/mol. The summed E-state index contributed by atoms with van der Waals surface area (Å²) in [7, 11) is 4.42. The fourth-order valence-corrected chi connectivity index (χ4v) is 3.44. The number of ether oxygens (including phenoxy) is 4. The van der Waals surface area contributed by atoms with E-state index in [-0.39, 0.29) is 5.69 Å². The van der Waals surface area contributed by atoms with Crippen molar-refractivity contribution in [1.29, 1.82) is 0 Å². The lowest BCUT2D eigenvalue weighted by Crippen LogP contribution is -2.36. The number of carbonyl (C=O) groups excluding carboxylic acids is 1. The predicted octanol–water partition coefficient (Wildman–Crippen LogP) is 4.22. The first-order valence-corrected chi connectivity index (χ1v) is 10.1. The van der Waals surface area contributed by atoms with Gasteiger partial charge in [-0.15, -0.1) is 0 Å². The second-order valence-corrected chi connectivity index (χ2v) is 7.11. The van der Waals surface area contributed by atoms with Gasteiger partial charge in [-0.1, -0.05) is 0 Å². The van der Waals surface area contributed by atoms with Crippen LogP contribution in [0.15, 0.2) is 36.4 Å². The lowest BCUT2D eigenvalue weighted by atomic mass is 10.1. The number of methoxy groups -OCH3 is 3. The van der Waals surface area contributed by atoms with E-state index in [2.05, 4.69) is 5.32 Å². The molecule has 10 heteroatoms. The summed E-state index contributed by atoms with van der Waals surface area (Å²) >= 11 is 0. The Hall–Kier alpha value is -3.40. The van der Waals surface area contributed by atoms with Crippen LogP contribution in [0.25, 0.3) is 6.08 Å². The van der Waals surface area contributed by atoms with Crippen LogP contribution in [0.5, 0.6) is 17.2 Å². The Kier molecular flexibility index (Phi) is 7.70. The fourth-order valence-electron chi connectivity index (χ4n) is 3.44. The van der Waals surface area contributed by atoms with Gasteiger partial charge in [-0.2, -0.15) is 13.2 Å². The minimum atomic E-state index is -4.53. The summed E-state index contributed by atoms with van der Waals surface area (Å²) in [5, 5.41) is 2.57. The maximum absolute atomic E-state index is 13.3. The number of benzene rings is 2. The van der Waals surface area contributed by atoms with Gasteiger partial charge in [-0.25, -0.2) is 0 Å². The number of hydrogen-bond acceptors (Lipinski definition) is 6. The Morgan fingerprint density at radius 2 is 1.67 bits per heavy atom. The molecule has 178 valence electrons. The summed E-state index contributed by atoms with van der Waals surface area (Å²) in [6.07, 6.45) is -1.80. The zero-order valence-corrected chi connectivity index (χ0v) is 18.5. The second kappa shape index (κ2) is 10.5. The summed E-state index contributed by atoms with van der Waals surface area (Å²) in [6, 6.07) is 6.61. The maximum atomic E-state index is 13.3. The number of carbonyl (C=O) groups is 1. The molecule has 0 aromatic heterocycles. The highest BCUT2D eigenvalue weighted by atomic mass is 19.4. The average molecular weight is 466 g/mol. The zero-order chi connectivity index (χ0) is 24.0. The van der Waals surface area contributed by atoms with E-state index in [0.717, 1.165) is 12.1 Å². The second-order valence-electron chi connectivity index (χ2n) is 7.11. The van der Waals surface area contributed by atoms with Crippen molar-refractivity contribution in [1.82, 2.24) is 0 Å². The maximum Gasteiger partial charge on any atom is 0.416 e. The van der Waals surface area contributed by atoms with Crippen LogP contribution in [0, 0.1) is 0 Å². The third kappa shape index (κ3) is 5.89. The number of amides is 1. The lowest BCUT2D eigenvalue weighted by Gasteiger charge is -2.30. The monoisotopic (exact) mass is 466 g/mol. The molecule has 2 aromatic rings. The quantitative estimate of drug-likeness (QED) is 0.617. The van der Waals surface area contributed by atoms with Crippen molar-refractivity contribution in [2.75, 3.05) is 57.8 Å². The Bertz CT molecular complexity index is 993. The van der Waals surface area contributed by atoms with Gasteiger partial charge in [0.25, 0.3) is 0 Å². The molecule has 1 saturated heterocycles. The third-order valence-corrected chi connectivity index (χ3v) is 5.05. The number of nitrogens with one attached hydrogen (secondary N) is 1. The van der Waals surface area contributed by atoms with Gasteiger partial charge in [0.2, 0.25) is 11.7 Å². The Labute approximate surface area is 189 Å². The molecule has 0 radical (unpaired) electrons. The van der Waals surface area contributed by atoms with Gasteiger partial charge in [0.1, 0.15) is 0 Å². The summed E-state index contributed by atoms with van der Waals surface area (Å²) in [5.41, 5.74) is 0.313. The molecule has 1 aliphatic rings. The van der Waals surface area contributed by atoms with Crippen LogP contribution in [0.2, 0.25) is 0 Å². The van der Waals surface area contributed by atoms with Crippen molar-refractivity contribution in [2.24, 2.45) is 0 Å². The van der Waals surface area contributed by atoms with E-state index in [0.29, 0.717) is 54.8 Å². The van der Waals surface area contributed by atoms with E-state index in [1.807, 2.05) is 4.90 Å². The van der Waals surface area contributed by atoms with Crippen LogP contribution in [0.3, 0.4) is 0 Å². The molecule has 0 unspecified atom stereocenters. The molecule has 0 bridgehead atoms. The van der Waals surface area contributed by atoms with E-state index >= 15 is 0 Å². The number of morpholine rings is 1. The molecule has 7 nitrogen and oxygen atoms in total. The first-order chi connectivity index (χ1) is 15.8. The van der Waals surface area contributed by atoms with E-state index in [9.17, 15) is 18.0 Å². The van der Waals surface area contributed by atoms with Crippen molar-refractivity contribution < 1.29 is 36.9 Å². The Morgan fingerprint density at radius 3 is 2.21 bits per heavy atom. The number of hydrogen-bond donors (Lipinski definition) is 1.